The van der Waals surface area contributed by atoms with Gasteiger partial charge in [0.15, 0.2) is 0 Å². The molecule has 1 aliphatic carbocycles. The van der Waals surface area contributed by atoms with Crippen LogP contribution in [0.1, 0.15) is 38.8 Å². The Morgan fingerprint density at radius 1 is 0.733 bits per heavy atom. The van der Waals surface area contributed by atoms with Gasteiger partial charge < -0.3 is 0 Å². The molecule has 0 radical (unpaired) electrons. The minimum atomic E-state index is 0. The molecule has 1 aliphatic rings. The van der Waals surface area contributed by atoms with Crippen molar-refractivity contribution in [1.29, 1.82) is 0 Å². The molecule has 2 rings (SSSR count). The third-order valence-corrected chi connectivity index (χ3v) is 3.23. The van der Waals surface area contributed by atoms with Gasteiger partial charge in [0.1, 0.15) is 0 Å². The Morgan fingerprint density at radius 2 is 1.07 bits per heavy atom. The highest BCUT2D eigenvalue weighted by Crippen LogP contribution is 2.40. The maximum atomic E-state index is 2.33. The summed E-state index contributed by atoms with van der Waals surface area (Å²) in [6.07, 6.45) is 4.66. The molecule has 0 aliphatic heterocycles. The van der Waals surface area contributed by atoms with Gasteiger partial charge in [0, 0.05) is 10.8 Å². The summed E-state index contributed by atoms with van der Waals surface area (Å²) in [4.78, 5) is 0. The normalized spacial score (nSPS) is 20.3. The molecule has 0 aromatic heterocycles. The number of hydrogen-bond donors (Lipinski definition) is 0. The fourth-order valence-electron chi connectivity index (χ4n) is 2.20. The molecule has 0 fully saturated rings. The van der Waals surface area contributed by atoms with E-state index in [4.69, 9.17) is 0 Å². The van der Waals surface area contributed by atoms with E-state index in [0.29, 0.717) is 0 Å². The third-order valence-electron chi connectivity index (χ3n) is 3.23. The van der Waals surface area contributed by atoms with Crippen LogP contribution >= 0.6 is 24.0 Å². The van der Waals surface area contributed by atoms with E-state index in [2.05, 4.69) is 64.1 Å². The first kappa shape index (κ1) is 12.8. The van der Waals surface area contributed by atoms with Crippen LogP contribution in [-0.2, 0) is 10.8 Å². The maximum Gasteiger partial charge on any atom is 0.00786 e. The highest BCUT2D eigenvalue weighted by atomic mass is 127. The SMILES string of the molecule is CC1(C)C=CC(C)(C)c2ccccc21.I. The minimum absolute atomic E-state index is 0. The van der Waals surface area contributed by atoms with E-state index in [0.717, 1.165) is 0 Å². The average molecular weight is 314 g/mol. The Kier molecular flexibility index (Phi) is 3.34. The van der Waals surface area contributed by atoms with Crippen molar-refractivity contribution in [2.45, 2.75) is 38.5 Å². The van der Waals surface area contributed by atoms with Crippen molar-refractivity contribution in [1.82, 2.24) is 0 Å². The molecule has 1 aromatic carbocycles. The van der Waals surface area contributed by atoms with Crippen LogP contribution in [0, 0.1) is 0 Å². The molecule has 15 heavy (non-hydrogen) atoms. The lowest BCUT2D eigenvalue weighted by Gasteiger charge is -2.36. The number of benzene rings is 1. The highest BCUT2D eigenvalue weighted by molar-refractivity contribution is 14.0. The fourth-order valence-corrected chi connectivity index (χ4v) is 2.20. The second kappa shape index (κ2) is 3.93. The molecule has 0 bridgehead atoms. The second-order valence-corrected chi connectivity index (χ2v) is 5.32. The molecule has 0 amide bonds. The van der Waals surface area contributed by atoms with Crippen molar-refractivity contribution >= 4 is 24.0 Å². The Balaban J connectivity index is 0.00000112. The van der Waals surface area contributed by atoms with Crippen molar-refractivity contribution in [2.75, 3.05) is 0 Å². The first-order valence-electron chi connectivity index (χ1n) is 5.24. The lowest BCUT2D eigenvalue weighted by molar-refractivity contribution is 0.563. The molecule has 0 nitrogen and oxygen atoms in total. The van der Waals surface area contributed by atoms with Gasteiger partial charge in [0.05, 0.1) is 0 Å². The van der Waals surface area contributed by atoms with Crippen molar-refractivity contribution in [3.8, 4) is 0 Å². The summed E-state index contributed by atoms with van der Waals surface area (Å²) in [5, 5.41) is 0. The van der Waals surface area contributed by atoms with E-state index < -0.39 is 0 Å². The number of halogens is 1. The summed E-state index contributed by atoms with van der Waals surface area (Å²) in [6.45, 7) is 9.10. The third kappa shape index (κ3) is 2.12. The molecule has 1 aromatic rings. The lowest BCUT2D eigenvalue weighted by Crippen LogP contribution is -2.28. The van der Waals surface area contributed by atoms with Crippen molar-refractivity contribution in [3.05, 3.63) is 47.5 Å². The molecule has 0 heterocycles. The van der Waals surface area contributed by atoms with E-state index in [1.165, 1.54) is 11.1 Å². The highest BCUT2D eigenvalue weighted by Gasteiger charge is 2.31. The monoisotopic (exact) mass is 314 g/mol. The molecule has 0 atom stereocenters. The molecule has 82 valence electrons. The Bertz CT molecular complexity index is 349. The minimum Gasteiger partial charge on any atom is -0.107 e. The van der Waals surface area contributed by atoms with Gasteiger partial charge in [-0.05, 0) is 11.1 Å². The summed E-state index contributed by atoms with van der Waals surface area (Å²) < 4.78 is 0. The van der Waals surface area contributed by atoms with Crippen LogP contribution in [0.15, 0.2) is 36.4 Å². The Hall–Kier alpha value is -0.310. The molecular weight excluding hydrogens is 295 g/mol. The summed E-state index contributed by atoms with van der Waals surface area (Å²) in [5.41, 5.74) is 3.30. The summed E-state index contributed by atoms with van der Waals surface area (Å²) in [6, 6.07) is 8.77. The smallest absolute Gasteiger partial charge is 0.00786 e. The first-order chi connectivity index (χ1) is 6.43. The van der Waals surface area contributed by atoms with Crippen molar-refractivity contribution < 1.29 is 0 Å². The standard InChI is InChI=1S/C14H18.HI/c1-13(2)9-10-14(3,4)12-8-6-5-7-11(12)13;/h5-10H,1-4H3;1H. The zero-order valence-corrected chi connectivity index (χ0v) is 12.2. The van der Waals surface area contributed by atoms with Crippen molar-refractivity contribution in [3.63, 3.8) is 0 Å². The molecule has 0 saturated heterocycles. The van der Waals surface area contributed by atoms with E-state index in [1.54, 1.807) is 0 Å². The fraction of sp³-hybridized carbons (Fsp3) is 0.429. The van der Waals surface area contributed by atoms with Crippen LogP contribution in [-0.4, -0.2) is 0 Å². The Morgan fingerprint density at radius 3 is 1.40 bits per heavy atom. The van der Waals surface area contributed by atoms with Gasteiger partial charge in [-0.15, -0.1) is 24.0 Å². The largest absolute Gasteiger partial charge is 0.107 e. The van der Waals surface area contributed by atoms with Crippen LogP contribution in [0.5, 0.6) is 0 Å². The van der Waals surface area contributed by atoms with Crippen LogP contribution in [0.25, 0.3) is 0 Å². The summed E-state index contributed by atoms with van der Waals surface area (Å²) >= 11 is 0. The van der Waals surface area contributed by atoms with Crippen LogP contribution < -0.4 is 0 Å². The maximum absolute atomic E-state index is 2.33. The predicted molar refractivity (Wildman–Crippen MR) is 77.0 cm³/mol. The zero-order chi connectivity index (χ0) is 10.4. The van der Waals surface area contributed by atoms with Gasteiger partial charge in [-0.2, -0.15) is 0 Å². The van der Waals surface area contributed by atoms with Crippen molar-refractivity contribution in [2.24, 2.45) is 0 Å². The quantitative estimate of drug-likeness (QED) is 0.491. The first-order valence-corrected chi connectivity index (χ1v) is 5.24. The summed E-state index contributed by atoms with van der Waals surface area (Å²) in [5.74, 6) is 0. The topological polar surface area (TPSA) is 0 Å². The van der Waals surface area contributed by atoms with Gasteiger partial charge in [-0.3, -0.25) is 0 Å². The van der Waals surface area contributed by atoms with E-state index in [1.807, 2.05) is 0 Å². The second-order valence-electron chi connectivity index (χ2n) is 5.32. The number of rotatable bonds is 0. The van der Waals surface area contributed by atoms with Gasteiger partial charge in [-0.25, -0.2) is 0 Å². The number of hydrogen-bond acceptors (Lipinski definition) is 0. The Labute approximate surface area is 110 Å². The van der Waals surface area contributed by atoms with Crippen LogP contribution in [0.4, 0.5) is 0 Å². The van der Waals surface area contributed by atoms with Gasteiger partial charge in [-0.1, -0.05) is 64.1 Å². The average Bonchev–Trinajstić information content (AvgIpc) is 2.14. The van der Waals surface area contributed by atoms with Crippen LogP contribution in [0.2, 0.25) is 0 Å². The lowest BCUT2D eigenvalue weighted by atomic mass is 9.68. The number of allylic oxidation sites excluding steroid dienone is 2. The van der Waals surface area contributed by atoms with Gasteiger partial charge in [0.25, 0.3) is 0 Å². The van der Waals surface area contributed by atoms with Gasteiger partial charge in [0.2, 0.25) is 0 Å². The molecule has 0 saturated carbocycles. The molecule has 0 spiro atoms. The summed E-state index contributed by atoms with van der Waals surface area (Å²) in [7, 11) is 0. The zero-order valence-electron chi connectivity index (χ0n) is 9.87. The van der Waals surface area contributed by atoms with Gasteiger partial charge >= 0.3 is 0 Å². The predicted octanol–water partition coefficient (Wildman–Crippen LogP) is 4.43. The molecule has 0 unspecified atom stereocenters. The molecule has 1 heteroatoms. The number of fused-ring (bicyclic) bond motifs is 1. The molecular formula is C14H19I. The van der Waals surface area contributed by atoms with Crippen LogP contribution in [0.3, 0.4) is 0 Å². The van der Waals surface area contributed by atoms with E-state index in [-0.39, 0.29) is 34.8 Å². The molecule has 0 N–H and O–H groups in total. The van der Waals surface area contributed by atoms with E-state index >= 15 is 0 Å². The van der Waals surface area contributed by atoms with E-state index in [9.17, 15) is 0 Å².